The molecule has 0 bridgehead atoms. The Kier molecular flexibility index (Phi) is 14.8. The van der Waals surface area contributed by atoms with Crippen LogP contribution in [0.2, 0.25) is 0 Å². The van der Waals surface area contributed by atoms with Gasteiger partial charge in [0, 0.05) is 64.5 Å². The van der Waals surface area contributed by atoms with Gasteiger partial charge in [-0.05, 0) is 108 Å². The highest BCUT2D eigenvalue weighted by Gasteiger charge is 2.46. The van der Waals surface area contributed by atoms with Gasteiger partial charge in [0.1, 0.15) is 11.5 Å². The fourth-order valence-electron chi connectivity index (χ4n) is 10.7. The summed E-state index contributed by atoms with van der Waals surface area (Å²) in [6.45, 7) is 40.1. The van der Waals surface area contributed by atoms with Gasteiger partial charge in [0.05, 0.1) is 0 Å². The van der Waals surface area contributed by atoms with Crippen LogP contribution in [-0.4, -0.2) is 59.2 Å². The Labute approximate surface area is 363 Å². The Bertz CT molecular complexity index is 1880. The number of nitrogens with zero attached hydrogens (tertiary/aromatic N) is 1. The maximum atomic E-state index is 14.1. The van der Waals surface area contributed by atoms with Gasteiger partial charge in [-0.15, -0.1) is 0 Å². The lowest BCUT2D eigenvalue weighted by atomic mass is 9.62. The van der Waals surface area contributed by atoms with E-state index in [-0.39, 0.29) is 50.9 Å². The molecule has 0 aromatic heterocycles. The van der Waals surface area contributed by atoms with Gasteiger partial charge in [0.15, 0.2) is 0 Å². The zero-order valence-corrected chi connectivity index (χ0v) is 40.3. The Morgan fingerprint density at radius 1 is 0.767 bits per heavy atom. The topological polar surface area (TPSA) is 109 Å². The summed E-state index contributed by atoms with van der Waals surface area (Å²) in [5, 5.41) is 9.84. The Balaban J connectivity index is 1.54. The second kappa shape index (κ2) is 18.2. The van der Waals surface area contributed by atoms with Gasteiger partial charge in [-0.2, -0.15) is 0 Å². The molecule has 9 heteroatoms. The summed E-state index contributed by atoms with van der Waals surface area (Å²) in [5.41, 5.74) is 4.58. The van der Waals surface area contributed by atoms with Crippen LogP contribution >= 0.6 is 0 Å². The molecule has 0 radical (unpaired) electrons. The molecule has 2 aromatic carbocycles. The van der Waals surface area contributed by atoms with Gasteiger partial charge >= 0.3 is 18.1 Å². The predicted molar refractivity (Wildman–Crippen MR) is 246 cm³/mol. The smallest absolute Gasteiger partial charge is 0.412 e. The Morgan fingerprint density at radius 2 is 1.27 bits per heavy atom. The Hall–Kier alpha value is -3.85. The van der Waals surface area contributed by atoms with Crippen molar-refractivity contribution in [1.29, 1.82) is 0 Å². The number of carbonyl (C=O) groups excluding carboxylic acids is 3. The number of unbranched alkanes of at least 4 members (excludes halogenated alkanes) is 1. The van der Waals surface area contributed by atoms with Gasteiger partial charge in [-0.1, -0.05) is 118 Å². The van der Waals surface area contributed by atoms with Gasteiger partial charge in [0.25, 0.3) is 0 Å². The van der Waals surface area contributed by atoms with E-state index >= 15 is 0 Å². The third kappa shape index (κ3) is 12.6. The summed E-state index contributed by atoms with van der Waals surface area (Å²) in [4.78, 5) is 43.0. The van der Waals surface area contributed by atoms with Crippen molar-refractivity contribution in [3.05, 3.63) is 70.3 Å². The molecular formula is C51H80N4O5. The third-order valence-corrected chi connectivity index (χ3v) is 12.6. The highest BCUT2D eigenvalue weighted by atomic mass is 16.6. The largest absolute Gasteiger partial charge is 0.423 e. The molecule has 1 aliphatic carbocycles. The lowest BCUT2D eigenvalue weighted by Crippen LogP contribution is -2.65. The number of amides is 3. The number of benzene rings is 2. The summed E-state index contributed by atoms with van der Waals surface area (Å²) < 4.78 is 12.4. The molecule has 2 aliphatic rings. The van der Waals surface area contributed by atoms with Crippen molar-refractivity contribution in [1.82, 2.24) is 20.9 Å². The zero-order chi connectivity index (χ0) is 45.2. The van der Waals surface area contributed by atoms with Crippen molar-refractivity contribution in [3.8, 4) is 11.5 Å². The van der Waals surface area contributed by atoms with Crippen LogP contribution in [0.4, 0.5) is 9.59 Å². The standard InChI is InChI=1S/C51H80N4O5/c1-18-20-21-55-49(13,14)28-38(29-50(55,15)16)53-44(57)52-32-51(17)30-37(27-48(11,12)31-51)54-45(58)60-43-36(23-34(4)25-40(43)47(8,9)10)26-35-22-33(3)24-39(46(5,6)7)42(35)59-41(56)19-2/h19,22-25,37-38H,2,18,20-21,26-32H2,1,3-17H3,(H,54,58)(H2,52,53,57). The summed E-state index contributed by atoms with van der Waals surface area (Å²) in [7, 11) is 0. The summed E-state index contributed by atoms with van der Waals surface area (Å²) in [6.07, 6.45) is 7.59. The maximum absolute atomic E-state index is 14.1. The SMILES string of the molecule is C=CC(=O)Oc1c(Cc2cc(C)cc(C(C)(C)C)c2OC(=O)NC2CC(C)(C)CC(C)(CNC(=O)NC3CC(C)(C)N(CCCC)C(C)(C)C3)C2)cc(C)cc1C(C)(C)C. The quantitative estimate of drug-likeness (QED) is 0.112. The molecule has 2 aromatic rings. The first-order valence-corrected chi connectivity index (χ1v) is 22.4. The van der Waals surface area contributed by atoms with Crippen LogP contribution in [-0.2, 0) is 22.0 Å². The second-order valence-corrected chi connectivity index (χ2v) is 22.8. The first kappa shape index (κ1) is 48.8. The van der Waals surface area contributed by atoms with E-state index in [0.717, 1.165) is 72.0 Å². The van der Waals surface area contributed by atoms with Gasteiger partial charge < -0.3 is 25.4 Å². The summed E-state index contributed by atoms with van der Waals surface area (Å²) in [5.74, 6) is 0.508. The number of piperidine rings is 1. The molecule has 0 spiro atoms. The van der Waals surface area contributed by atoms with Crippen LogP contribution in [0, 0.1) is 24.7 Å². The molecular weight excluding hydrogens is 749 g/mol. The molecule has 3 N–H and O–H groups in total. The Morgan fingerprint density at radius 3 is 1.75 bits per heavy atom. The highest BCUT2D eigenvalue weighted by molar-refractivity contribution is 5.84. The number of rotatable bonds is 12. The number of hydrogen-bond donors (Lipinski definition) is 3. The molecule has 334 valence electrons. The van der Waals surface area contributed by atoms with E-state index in [1.807, 2.05) is 13.0 Å². The van der Waals surface area contributed by atoms with E-state index in [4.69, 9.17) is 9.47 Å². The van der Waals surface area contributed by atoms with E-state index in [9.17, 15) is 14.4 Å². The van der Waals surface area contributed by atoms with E-state index in [0.29, 0.717) is 30.9 Å². The van der Waals surface area contributed by atoms with Crippen molar-refractivity contribution < 1.29 is 23.9 Å². The van der Waals surface area contributed by atoms with Gasteiger partial charge in [-0.3, -0.25) is 4.90 Å². The number of aryl methyl sites for hydroxylation is 2. The molecule has 1 heterocycles. The number of esters is 1. The highest BCUT2D eigenvalue weighted by Crippen LogP contribution is 2.46. The lowest BCUT2D eigenvalue weighted by molar-refractivity contribution is -0.129. The number of carbonyl (C=O) groups is 3. The minimum Gasteiger partial charge on any atom is -0.423 e. The monoisotopic (exact) mass is 829 g/mol. The predicted octanol–water partition coefficient (Wildman–Crippen LogP) is 11.4. The molecule has 2 fully saturated rings. The minimum atomic E-state index is -0.522. The molecule has 2 atom stereocenters. The number of urea groups is 1. The van der Waals surface area contributed by atoms with Crippen LogP contribution in [0.1, 0.15) is 175 Å². The fraction of sp³-hybridized carbons (Fsp3) is 0.667. The molecule has 1 saturated carbocycles. The van der Waals surface area contributed by atoms with Crippen LogP contribution in [0.5, 0.6) is 11.5 Å². The minimum absolute atomic E-state index is 0.0195. The normalized spacial score (nSPS) is 21.8. The summed E-state index contributed by atoms with van der Waals surface area (Å²) >= 11 is 0. The lowest BCUT2D eigenvalue weighted by Gasteiger charge is -2.55. The van der Waals surface area contributed by atoms with E-state index in [1.54, 1.807) is 0 Å². The van der Waals surface area contributed by atoms with Gasteiger partial charge in [0.2, 0.25) is 0 Å². The molecule has 4 rings (SSSR count). The van der Waals surface area contributed by atoms with Crippen molar-refractivity contribution in [2.24, 2.45) is 10.8 Å². The fourth-order valence-corrected chi connectivity index (χ4v) is 10.7. The molecule has 3 amide bonds. The number of likely N-dealkylation sites (tertiary alicyclic amines) is 1. The number of hydrogen-bond acceptors (Lipinski definition) is 6. The van der Waals surface area contributed by atoms with Crippen molar-refractivity contribution in [3.63, 3.8) is 0 Å². The van der Waals surface area contributed by atoms with Crippen molar-refractivity contribution in [2.75, 3.05) is 13.1 Å². The second-order valence-electron chi connectivity index (χ2n) is 22.8. The third-order valence-electron chi connectivity index (χ3n) is 12.6. The number of nitrogens with one attached hydrogen (secondary N) is 3. The molecule has 9 nitrogen and oxygen atoms in total. The average molecular weight is 829 g/mol. The molecule has 2 unspecified atom stereocenters. The van der Waals surface area contributed by atoms with E-state index in [2.05, 4.69) is 149 Å². The van der Waals surface area contributed by atoms with E-state index in [1.165, 1.54) is 12.5 Å². The molecule has 60 heavy (non-hydrogen) atoms. The van der Waals surface area contributed by atoms with Crippen LogP contribution < -0.4 is 25.4 Å². The van der Waals surface area contributed by atoms with Crippen LogP contribution in [0.25, 0.3) is 0 Å². The maximum Gasteiger partial charge on any atom is 0.412 e. The van der Waals surface area contributed by atoms with Crippen LogP contribution in [0.3, 0.4) is 0 Å². The van der Waals surface area contributed by atoms with Gasteiger partial charge in [-0.25, -0.2) is 14.4 Å². The average Bonchev–Trinajstić information content (AvgIpc) is 3.06. The molecule has 1 saturated heterocycles. The van der Waals surface area contributed by atoms with E-state index < -0.39 is 12.1 Å². The van der Waals surface area contributed by atoms with Crippen molar-refractivity contribution in [2.45, 2.75) is 196 Å². The van der Waals surface area contributed by atoms with Crippen molar-refractivity contribution >= 4 is 18.1 Å². The summed E-state index contributed by atoms with van der Waals surface area (Å²) in [6, 6.07) is 8.06. The van der Waals surface area contributed by atoms with Crippen LogP contribution in [0.15, 0.2) is 36.9 Å². The first-order chi connectivity index (χ1) is 27.5. The zero-order valence-electron chi connectivity index (χ0n) is 40.3. The molecule has 1 aliphatic heterocycles. The number of ether oxygens (including phenoxy) is 2. The first-order valence-electron chi connectivity index (χ1n) is 22.4.